The molecule has 0 radical (unpaired) electrons. The van der Waals surface area contributed by atoms with Crippen molar-refractivity contribution in [3.05, 3.63) is 29.8 Å². The fourth-order valence-corrected chi connectivity index (χ4v) is 2.99. The molecule has 1 aromatic rings. The van der Waals surface area contributed by atoms with Gasteiger partial charge in [0.15, 0.2) is 0 Å². The molecule has 0 aliphatic carbocycles. The molecule has 2 rings (SSSR count). The van der Waals surface area contributed by atoms with Crippen LogP contribution in [0.1, 0.15) is 30.6 Å². The Balaban J connectivity index is 1.95. The van der Waals surface area contributed by atoms with Crippen LogP contribution in [0.3, 0.4) is 0 Å². The van der Waals surface area contributed by atoms with Crippen molar-refractivity contribution < 1.29 is 23.9 Å². The highest BCUT2D eigenvalue weighted by molar-refractivity contribution is 5.96. The molecule has 1 unspecified atom stereocenters. The van der Waals surface area contributed by atoms with Gasteiger partial charge in [0.1, 0.15) is 6.04 Å². The van der Waals surface area contributed by atoms with Crippen LogP contribution in [0, 0.1) is 5.92 Å². The van der Waals surface area contributed by atoms with Crippen LogP contribution < -0.4 is 10.6 Å². The number of amides is 3. The third-order valence-electron chi connectivity index (χ3n) is 4.55. The number of carbonyl (C=O) groups is 4. The Hall–Kier alpha value is -2.94. The third-order valence-corrected chi connectivity index (χ3v) is 4.55. The van der Waals surface area contributed by atoms with E-state index in [1.807, 2.05) is 13.8 Å². The number of hydrogen-bond donors (Lipinski definition) is 2. The van der Waals surface area contributed by atoms with Gasteiger partial charge in [0.2, 0.25) is 11.8 Å². The molecule has 1 atom stereocenters. The molecule has 30 heavy (non-hydrogen) atoms. The summed E-state index contributed by atoms with van der Waals surface area (Å²) in [5.74, 6) is -0.980. The number of anilines is 1. The van der Waals surface area contributed by atoms with E-state index in [-0.39, 0.29) is 36.6 Å². The summed E-state index contributed by atoms with van der Waals surface area (Å²) < 4.78 is 5.17. The Bertz CT molecular complexity index is 776. The number of nitrogens with one attached hydrogen (secondary N) is 2. The van der Waals surface area contributed by atoms with E-state index < -0.39 is 12.0 Å². The van der Waals surface area contributed by atoms with Crippen LogP contribution in [-0.4, -0.2) is 79.9 Å². The second-order valence-corrected chi connectivity index (χ2v) is 7.88. The lowest BCUT2D eigenvalue weighted by Gasteiger charge is -2.33. The predicted molar refractivity (Wildman–Crippen MR) is 112 cm³/mol. The van der Waals surface area contributed by atoms with Gasteiger partial charge < -0.3 is 20.3 Å². The molecule has 1 fully saturated rings. The molecule has 0 aromatic heterocycles. The van der Waals surface area contributed by atoms with E-state index in [1.54, 1.807) is 43.3 Å². The second-order valence-electron chi connectivity index (χ2n) is 7.88. The maximum atomic E-state index is 12.5. The minimum Gasteiger partial charge on any atom is -0.465 e. The molecule has 9 nitrogen and oxygen atoms in total. The van der Waals surface area contributed by atoms with Gasteiger partial charge in [-0.15, -0.1) is 0 Å². The number of esters is 1. The molecule has 0 spiro atoms. The highest BCUT2D eigenvalue weighted by atomic mass is 16.5. The topological polar surface area (TPSA) is 108 Å². The molecule has 3 amide bonds. The van der Waals surface area contributed by atoms with Crippen molar-refractivity contribution in [2.45, 2.75) is 26.3 Å². The minimum absolute atomic E-state index is 0.0338. The number of hydrogen-bond acceptors (Lipinski definition) is 6. The number of rotatable bonds is 8. The number of benzene rings is 1. The Morgan fingerprint density at radius 1 is 1.23 bits per heavy atom. The molecule has 9 heteroatoms. The van der Waals surface area contributed by atoms with Gasteiger partial charge in [-0.1, -0.05) is 13.8 Å². The lowest BCUT2D eigenvalue weighted by Crippen LogP contribution is -2.57. The van der Waals surface area contributed by atoms with Gasteiger partial charge in [-0.25, -0.2) is 0 Å². The van der Waals surface area contributed by atoms with Gasteiger partial charge in [0, 0.05) is 38.4 Å². The van der Waals surface area contributed by atoms with Crippen molar-refractivity contribution >= 4 is 29.4 Å². The largest absolute Gasteiger partial charge is 0.465 e. The number of ether oxygens (including phenoxy) is 1. The van der Waals surface area contributed by atoms with Gasteiger partial charge in [-0.3, -0.25) is 24.1 Å². The summed E-state index contributed by atoms with van der Waals surface area (Å²) >= 11 is 0. The molecular formula is C21H30N4O5. The first kappa shape index (κ1) is 23.3. The zero-order chi connectivity index (χ0) is 22.3. The van der Waals surface area contributed by atoms with Crippen LogP contribution in [0.15, 0.2) is 24.3 Å². The minimum atomic E-state index is -0.746. The van der Waals surface area contributed by atoms with E-state index in [1.165, 1.54) is 4.90 Å². The quantitative estimate of drug-likeness (QED) is 0.602. The molecular weight excluding hydrogens is 388 g/mol. The third kappa shape index (κ3) is 6.84. The van der Waals surface area contributed by atoms with Gasteiger partial charge in [0.05, 0.1) is 19.6 Å². The van der Waals surface area contributed by atoms with Gasteiger partial charge in [-0.05, 0) is 30.2 Å². The first-order valence-corrected chi connectivity index (χ1v) is 9.96. The Labute approximate surface area is 176 Å². The van der Waals surface area contributed by atoms with Crippen molar-refractivity contribution in [2.75, 3.05) is 45.7 Å². The predicted octanol–water partition coefficient (Wildman–Crippen LogP) is 0.717. The average molecular weight is 418 g/mol. The molecule has 2 N–H and O–H groups in total. The van der Waals surface area contributed by atoms with E-state index in [4.69, 9.17) is 4.74 Å². The van der Waals surface area contributed by atoms with Crippen molar-refractivity contribution in [3.63, 3.8) is 0 Å². The average Bonchev–Trinajstić information content (AvgIpc) is 2.69. The number of piperazine rings is 1. The Morgan fingerprint density at radius 3 is 2.50 bits per heavy atom. The van der Waals surface area contributed by atoms with Gasteiger partial charge >= 0.3 is 5.97 Å². The zero-order valence-electron chi connectivity index (χ0n) is 17.9. The number of carbonyl (C=O) groups excluding carboxylic acids is 4. The van der Waals surface area contributed by atoms with E-state index >= 15 is 0 Å². The van der Waals surface area contributed by atoms with Crippen LogP contribution in [0.25, 0.3) is 0 Å². The first-order chi connectivity index (χ1) is 14.2. The normalized spacial score (nSPS) is 16.7. The second kappa shape index (κ2) is 10.7. The molecule has 1 saturated heterocycles. The molecule has 1 aliphatic heterocycles. The van der Waals surface area contributed by atoms with E-state index in [9.17, 15) is 19.2 Å². The monoisotopic (exact) mass is 418 g/mol. The SMILES string of the molecule is CC(C)COC(=O)CC1C(=O)NCCN1CC(=O)Nc1ccc(C(=O)N(C)C)cc1. The molecule has 1 heterocycles. The summed E-state index contributed by atoms with van der Waals surface area (Å²) in [5.41, 5.74) is 1.07. The summed E-state index contributed by atoms with van der Waals surface area (Å²) in [5, 5.41) is 5.49. The smallest absolute Gasteiger partial charge is 0.307 e. The summed E-state index contributed by atoms with van der Waals surface area (Å²) in [6, 6.07) is 5.83. The highest BCUT2D eigenvalue weighted by Crippen LogP contribution is 2.13. The molecule has 0 bridgehead atoms. The standard InChI is InChI=1S/C21H30N4O5/c1-14(2)13-30-19(27)11-17-20(28)22-9-10-25(17)12-18(26)23-16-7-5-15(6-8-16)21(29)24(3)4/h5-8,14,17H,9-13H2,1-4H3,(H,22,28)(H,23,26). The summed E-state index contributed by atoms with van der Waals surface area (Å²) in [6.07, 6.45) is -0.104. The van der Waals surface area contributed by atoms with E-state index in [0.29, 0.717) is 30.9 Å². The van der Waals surface area contributed by atoms with Crippen LogP contribution in [0.4, 0.5) is 5.69 Å². The summed E-state index contributed by atoms with van der Waals surface area (Å²) in [7, 11) is 3.34. The lowest BCUT2D eigenvalue weighted by atomic mass is 10.1. The number of nitrogens with zero attached hydrogens (tertiary/aromatic N) is 2. The van der Waals surface area contributed by atoms with Crippen molar-refractivity contribution in [2.24, 2.45) is 5.92 Å². The maximum absolute atomic E-state index is 12.5. The maximum Gasteiger partial charge on any atom is 0.307 e. The zero-order valence-corrected chi connectivity index (χ0v) is 17.9. The fourth-order valence-electron chi connectivity index (χ4n) is 2.99. The Morgan fingerprint density at radius 2 is 1.90 bits per heavy atom. The molecule has 1 aromatic carbocycles. The molecule has 0 saturated carbocycles. The lowest BCUT2D eigenvalue weighted by molar-refractivity contribution is -0.149. The van der Waals surface area contributed by atoms with Gasteiger partial charge in [-0.2, -0.15) is 0 Å². The summed E-state index contributed by atoms with van der Waals surface area (Å²) in [6.45, 7) is 4.98. The highest BCUT2D eigenvalue weighted by Gasteiger charge is 2.33. The van der Waals surface area contributed by atoms with Crippen molar-refractivity contribution in [3.8, 4) is 0 Å². The summed E-state index contributed by atoms with van der Waals surface area (Å²) in [4.78, 5) is 51.9. The van der Waals surface area contributed by atoms with Crippen LogP contribution in [0.5, 0.6) is 0 Å². The van der Waals surface area contributed by atoms with E-state index in [0.717, 1.165) is 0 Å². The Kier molecular flexibility index (Phi) is 8.35. The van der Waals surface area contributed by atoms with Crippen LogP contribution >= 0.6 is 0 Å². The van der Waals surface area contributed by atoms with Gasteiger partial charge in [0.25, 0.3) is 5.91 Å². The van der Waals surface area contributed by atoms with Crippen molar-refractivity contribution in [1.82, 2.24) is 15.1 Å². The fraction of sp³-hybridized carbons (Fsp3) is 0.524. The van der Waals surface area contributed by atoms with Crippen LogP contribution in [0.2, 0.25) is 0 Å². The molecule has 1 aliphatic rings. The molecule has 164 valence electrons. The van der Waals surface area contributed by atoms with Crippen LogP contribution in [-0.2, 0) is 19.1 Å². The first-order valence-electron chi connectivity index (χ1n) is 9.96. The van der Waals surface area contributed by atoms with E-state index in [2.05, 4.69) is 10.6 Å². The van der Waals surface area contributed by atoms with Crippen molar-refractivity contribution in [1.29, 1.82) is 0 Å².